The molecule has 0 saturated carbocycles. The van der Waals surface area contributed by atoms with Crippen LogP contribution in [0.25, 0.3) is 0 Å². The Kier molecular flexibility index (Phi) is 7.05. The minimum atomic E-state index is -0.648. The average Bonchev–Trinajstić information content (AvgIpc) is 3.36. The van der Waals surface area contributed by atoms with Crippen LogP contribution in [0.5, 0.6) is 11.5 Å². The molecule has 1 aliphatic heterocycles. The molecule has 1 aliphatic rings. The summed E-state index contributed by atoms with van der Waals surface area (Å²) in [5, 5.41) is 13.7. The zero-order valence-electron chi connectivity index (χ0n) is 22.1. The zero-order valence-corrected chi connectivity index (χ0v) is 22.1. The second-order valence-electron chi connectivity index (χ2n) is 9.18. The van der Waals surface area contributed by atoms with Gasteiger partial charge in [0, 0.05) is 17.1 Å². The Hall–Kier alpha value is -5.05. The van der Waals surface area contributed by atoms with Crippen molar-refractivity contribution in [1.29, 1.82) is 0 Å². The molecular weight excluding hydrogens is 494 g/mol. The number of hydrogen-bond acceptors (Lipinski definition) is 6. The number of carbonyl (C=O) groups is 2. The monoisotopic (exact) mass is 523 g/mol. The summed E-state index contributed by atoms with van der Waals surface area (Å²) in [6.07, 6.45) is 1.51. The Bertz CT molecular complexity index is 1580. The van der Waals surface area contributed by atoms with Crippen LogP contribution in [-0.4, -0.2) is 35.8 Å². The Labute approximate surface area is 226 Å². The molecule has 0 spiro atoms. The van der Waals surface area contributed by atoms with Gasteiger partial charge in [-0.15, -0.1) is 0 Å². The van der Waals surface area contributed by atoms with Crippen LogP contribution in [0.2, 0.25) is 0 Å². The highest BCUT2D eigenvalue weighted by Gasteiger charge is 2.36. The quantitative estimate of drug-likeness (QED) is 0.300. The highest BCUT2D eigenvalue weighted by Crippen LogP contribution is 2.40. The van der Waals surface area contributed by atoms with E-state index in [1.165, 1.54) is 6.20 Å². The van der Waals surface area contributed by atoms with E-state index in [9.17, 15) is 9.59 Å². The van der Waals surface area contributed by atoms with E-state index in [1.807, 2.05) is 80.6 Å². The number of anilines is 3. The van der Waals surface area contributed by atoms with Gasteiger partial charge in [-0.05, 0) is 61.4 Å². The fraction of sp³-hybridized carbons (Fsp3) is 0.167. The first kappa shape index (κ1) is 25.6. The van der Waals surface area contributed by atoms with Crippen molar-refractivity contribution in [3.63, 3.8) is 0 Å². The predicted octanol–water partition coefficient (Wildman–Crippen LogP) is 5.39. The maximum atomic E-state index is 13.7. The molecule has 4 aromatic rings. The van der Waals surface area contributed by atoms with Gasteiger partial charge >= 0.3 is 0 Å². The summed E-state index contributed by atoms with van der Waals surface area (Å²) in [6.45, 7) is 3.77. The molecule has 5 rings (SSSR count). The van der Waals surface area contributed by atoms with Gasteiger partial charge in [-0.2, -0.15) is 5.10 Å². The van der Waals surface area contributed by atoms with E-state index in [-0.39, 0.29) is 11.8 Å². The maximum Gasteiger partial charge on any atom is 0.261 e. The fourth-order valence-electron chi connectivity index (χ4n) is 4.69. The first-order chi connectivity index (χ1) is 18.9. The number of aromatic nitrogens is 2. The van der Waals surface area contributed by atoms with Crippen molar-refractivity contribution in [3.8, 4) is 11.5 Å². The first-order valence-electron chi connectivity index (χ1n) is 12.4. The van der Waals surface area contributed by atoms with Crippen molar-refractivity contribution in [1.82, 2.24) is 9.78 Å². The molecule has 2 heterocycles. The summed E-state index contributed by atoms with van der Waals surface area (Å²) >= 11 is 0. The smallest absolute Gasteiger partial charge is 0.261 e. The summed E-state index contributed by atoms with van der Waals surface area (Å²) in [5.41, 5.74) is 4.52. The molecule has 9 nitrogen and oxygen atoms in total. The summed E-state index contributed by atoms with van der Waals surface area (Å²) in [6, 6.07) is 21.6. The van der Waals surface area contributed by atoms with Crippen molar-refractivity contribution in [2.75, 3.05) is 30.2 Å². The number of hydrogen-bond donors (Lipinski definition) is 3. The van der Waals surface area contributed by atoms with Crippen molar-refractivity contribution >= 4 is 29.0 Å². The lowest BCUT2D eigenvalue weighted by molar-refractivity contribution is -0.113. The van der Waals surface area contributed by atoms with Gasteiger partial charge in [-0.1, -0.05) is 36.4 Å². The largest absolute Gasteiger partial charge is 0.493 e. The SMILES string of the molecule is COc1ccc([C@H]2C(C(=O)Nc3ccccc3)=C(C)Nc3c(C(=O)Nc4cccc(C)c4)cnn32)cc1OC. The second kappa shape index (κ2) is 10.7. The average molecular weight is 524 g/mol. The number of para-hydroxylation sites is 1. The Balaban J connectivity index is 1.58. The number of fused-ring (bicyclic) bond motifs is 1. The summed E-state index contributed by atoms with van der Waals surface area (Å²) in [5.74, 6) is 0.946. The molecule has 0 saturated heterocycles. The highest BCUT2D eigenvalue weighted by molar-refractivity contribution is 6.09. The van der Waals surface area contributed by atoms with Crippen molar-refractivity contribution in [2.45, 2.75) is 19.9 Å². The number of benzene rings is 3. The number of allylic oxidation sites excluding steroid dienone is 1. The van der Waals surface area contributed by atoms with Crippen LogP contribution >= 0.6 is 0 Å². The standard InChI is InChI=1S/C30H29N5O4/c1-18-9-8-12-22(15-18)34-29(36)23-17-31-35-27(20-13-14-24(38-3)25(16-20)39-4)26(19(2)32-28(23)35)30(37)33-21-10-6-5-7-11-21/h5-17,27,32H,1-4H3,(H,33,37)(H,34,36)/t27-/m0/s1. The molecule has 0 radical (unpaired) electrons. The third-order valence-corrected chi connectivity index (χ3v) is 6.54. The predicted molar refractivity (Wildman–Crippen MR) is 150 cm³/mol. The van der Waals surface area contributed by atoms with E-state index in [2.05, 4.69) is 21.0 Å². The van der Waals surface area contributed by atoms with Crippen LogP contribution < -0.4 is 25.4 Å². The van der Waals surface area contributed by atoms with Crippen LogP contribution in [0.15, 0.2) is 90.3 Å². The summed E-state index contributed by atoms with van der Waals surface area (Å²) in [7, 11) is 3.12. The topological polar surface area (TPSA) is 107 Å². The first-order valence-corrected chi connectivity index (χ1v) is 12.4. The molecule has 198 valence electrons. The summed E-state index contributed by atoms with van der Waals surface area (Å²) < 4.78 is 12.6. The number of ether oxygens (including phenoxy) is 2. The molecule has 9 heteroatoms. The number of amides is 2. The van der Waals surface area contributed by atoms with Crippen LogP contribution in [0.3, 0.4) is 0 Å². The van der Waals surface area contributed by atoms with E-state index in [0.717, 1.165) is 11.1 Å². The van der Waals surface area contributed by atoms with Gasteiger partial charge in [0.15, 0.2) is 11.5 Å². The van der Waals surface area contributed by atoms with Gasteiger partial charge in [0.1, 0.15) is 17.4 Å². The second-order valence-corrected chi connectivity index (χ2v) is 9.18. The molecule has 3 N–H and O–H groups in total. The number of rotatable bonds is 7. The van der Waals surface area contributed by atoms with Crippen molar-refractivity contribution in [2.24, 2.45) is 0 Å². The number of carbonyl (C=O) groups excluding carboxylic acids is 2. The summed E-state index contributed by atoms with van der Waals surface area (Å²) in [4.78, 5) is 27.0. The minimum absolute atomic E-state index is 0.294. The van der Waals surface area contributed by atoms with Crippen LogP contribution in [0.1, 0.15) is 34.5 Å². The van der Waals surface area contributed by atoms with Crippen LogP contribution in [-0.2, 0) is 4.79 Å². The lowest BCUT2D eigenvalue weighted by Crippen LogP contribution is -2.32. The van der Waals surface area contributed by atoms with E-state index in [4.69, 9.17) is 9.47 Å². The molecule has 39 heavy (non-hydrogen) atoms. The molecule has 1 aromatic heterocycles. The Morgan fingerprint density at radius 3 is 2.28 bits per heavy atom. The normalized spacial score (nSPS) is 14.2. The van der Waals surface area contributed by atoms with Crippen molar-refractivity contribution in [3.05, 3.63) is 107 Å². The van der Waals surface area contributed by atoms with E-state index < -0.39 is 6.04 Å². The van der Waals surface area contributed by atoms with Gasteiger partial charge in [-0.3, -0.25) is 9.59 Å². The lowest BCUT2D eigenvalue weighted by Gasteiger charge is -2.30. The number of aryl methyl sites for hydroxylation is 1. The molecule has 1 atom stereocenters. The van der Waals surface area contributed by atoms with Gasteiger partial charge < -0.3 is 25.4 Å². The number of methoxy groups -OCH3 is 2. The Morgan fingerprint density at radius 2 is 1.56 bits per heavy atom. The van der Waals surface area contributed by atoms with Gasteiger partial charge in [0.2, 0.25) is 0 Å². The van der Waals surface area contributed by atoms with Gasteiger partial charge in [0.05, 0.1) is 26.0 Å². The fourth-order valence-corrected chi connectivity index (χ4v) is 4.69. The third-order valence-electron chi connectivity index (χ3n) is 6.54. The van der Waals surface area contributed by atoms with Gasteiger partial charge in [0.25, 0.3) is 11.8 Å². The molecule has 0 aliphatic carbocycles. The lowest BCUT2D eigenvalue weighted by atomic mass is 9.94. The molecule has 0 bridgehead atoms. The van der Waals surface area contributed by atoms with Crippen LogP contribution in [0.4, 0.5) is 17.2 Å². The molecule has 2 amide bonds. The van der Waals surface area contributed by atoms with Gasteiger partial charge in [-0.25, -0.2) is 4.68 Å². The van der Waals surface area contributed by atoms with E-state index >= 15 is 0 Å². The maximum absolute atomic E-state index is 13.7. The number of nitrogens with zero attached hydrogens (tertiary/aromatic N) is 2. The zero-order chi connectivity index (χ0) is 27.5. The highest BCUT2D eigenvalue weighted by atomic mass is 16.5. The van der Waals surface area contributed by atoms with Crippen molar-refractivity contribution < 1.29 is 19.1 Å². The van der Waals surface area contributed by atoms with E-state index in [0.29, 0.717) is 45.5 Å². The molecule has 3 aromatic carbocycles. The number of nitrogens with one attached hydrogen (secondary N) is 3. The Morgan fingerprint density at radius 1 is 0.846 bits per heavy atom. The third kappa shape index (κ3) is 5.06. The molecule has 0 unspecified atom stereocenters. The van der Waals surface area contributed by atoms with Crippen LogP contribution in [0, 0.1) is 6.92 Å². The minimum Gasteiger partial charge on any atom is -0.493 e. The molecule has 0 fully saturated rings. The molecular formula is C30H29N5O4. The van der Waals surface area contributed by atoms with E-state index in [1.54, 1.807) is 25.0 Å².